The maximum absolute atomic E-state index is 5.74. The second kappa shape index (κ2) is 4.40. The molecule has 0 aromatic rings. The van der Waals surface area contributed by atoms with Crippen molar-refractivity contribution in [2.75, 3.05) is 26.8 Å². The Morgan fingerprint density at radius 1 is 1.23 bits per heavy atom. The molecule has 2 saturated heterocycles. The highest BCUT2D eigenvalue weighted by atomic mass is 16.5. The first-order valence-electron chi connectivity index (χ1n) is 5.29. The zero-order valence-electron chi connectivity index (χ0n) is 8.29. The summed E-state index contributed by atoms with van der Waals surface area (Å²) in [6.45, 7) is 2.90. The molecule has 3 atom stereocenters. The van der Waals surface area contributed by atoms with Gasteiger partial charge in [-0.3, -0.25) is 0 Å². The van der Waals surface area contributed by atoms with Gasteiger partial charge >= 0.3 is 0 Å². The summed E-state index contributed by atoms with van der Waals surface area (Å²) in [7, 11) is 2.00. The molecule has 0 spiro atoms. The third kappa shape index (κ3) is 2.03. The van der Waals surface area contributed by atoms with Crippen LogP contribution in [0.3, 0.4) is 0 Å². The molecule has 2 aliphatic rings. The van der Waals surface area contributed by atoms with Gasteiger partial charge in [0.25, 0.3) is 0 Å². The summed E-state index contributed by atoms with van der Waals surface area (Å²) in [6, 6.07) is 0. The first kappa shape index (κ1) is 9.44. The summed E-state index contributed by atoms with van der Waals surface area (Å²) in [5.74, 6) is 0.660. The van der Waals surface area contributed by atoms with Crippen molar-refractivity contribution >= 4 is 0 Å². The average molecular weight is 185 g/mol. The lowest BCUT2D eigenvalue weighted by molar-refractivity contribution is -0.0325. The van der Waals surface area contributed by atoms with E-state index in [0.717, 1.165) is 19.8 Å². The van der Waals surface area contributed by atoms with Crippen LogP contribution in [0.5, 0.6) is 0 Å². The fourth-order valence-electron chi connectivity index (χ4n) is 2.41. The van der Waals surface area contributed by atoms with Gasteiger partial charge in [0, 0.05) is 25.7 Å². The van der Waals surface area contributed by atoms with Gasteiger partial charge in [-0.25, -0.2) is 0 Å². The average Bonchev–Trinajstić information content (AvgIpc) is 2.71. The van der Waals surface area contributed by atoms with E-state index in [2.05, 4.69) is 5.32 Å². The Labute approximate surface area is 79.8 Å². The lowest BCUT2D eigenvalue weighted by Crippen LogP contribution is -2.35. The first-order chi connectivity index (χ1) is 6.42. The molecule has 0 saturated carbocycles. The van der Waals surface area contributed by atoms with Crippen LogP contribution in [0, 0.1) is 5.92 Å². The zero-order valence-corrected chi connectivity index (χ0v) is 8.29. The molecule has 0 aromatic heterocycles. The van der Waals surface area contributed by atoms with Crippen molar-refractivity contribution in [1.29, 1.82) is 0 Å². The molecule has 2 aliphatic heterocycles. The minimum absolute atomic E-state index is 0.356. The normalized spacial score (nSPS) is 39.9. The molecule has 0 bridgehead atoms. The van der Waals surface area contributed by atoms with Crippen molar-refractivity contribution in [2.24, 2.45) is 5.92 Å². The Balaban J connectivity index is 1.88. The summed E-state index contributed by atoms with van der Waals surface area (Å²) in [6.07, 6.45) is 4.31. The van der Waals surface area contributed by atoms with Crippen LogP contribution in [0.25, 0.3) is 0 Å². The highest BCUT2D eigenvalue weighted by Gasteiger charge is 2.36. The number of nitrogens with one attached hydrogen (secondary N) is 1. The second-order valence-electron chi connectivity index (χ2n) is 3.99. The van der Waals surface area contributed by atoms with Crippen molar-refractivity contribution in [3.63, 3.8) is 0 Å². The summed E-state index contributed by atoms with van der Waals surface area (Å²) in [5, 5.41) is 3.23. The van der Waals surface area contributed by atoms with Gasteiger partial charge in [-0.15, -0.1) is 0 Å². The quantitative estimate of drug-likeness (QED) is 0.705. The van der Waals surface area contributed by atoms with Crippen LogP contribution in [-0.2, 0) is 9.47 Å². The molecule has 13 heavy (non-hydrogen) atoms. The maximum Gasteiger partial charge on any atom is 0.0877 e. The Morgan fingerprint density at radius 3 is 2.85 bits per heavy atom. The van der Waals surface area contributed by atoms with Gasteiger partial charge in [0.1, 0.15) is 0 Å². The minimum atomic E-state index is 0.356. The molecule has 0 aromatic carbocycles. The van der Waals surface area contributed by atoms with Crippen LogP contribution >= 0.6 is 0 Å². The molecule has 2 fully saturated rings. The highest BCUT2D eigenvalue weighted by Crippen LogP contribution is 2.29. The van der Waals surface area contributed by atoms with Crippen molar-refractivity contribution < 1.29 is 9.47 Å². The van der Waals surface area contributed by atoms with E-state index in [4.69, 9.17) is 9.47 Å². The van der Waals surface area contributed by atoms with Gasteiger partial charge in [-0.1, -0.05) is 0 Å². The third-order valence-corrected chi connectivity index (χ3v) is 3.06. The van der Waals surface area contributed by atoms with E-state index in [1.54, 1.807) is 0 Å². The van der Waals surface area contributed by atoms with Crippen molar-refractivity contribution in [3.05, 3.63) is 0 Å². The molecule has 0 radical (unpaired) electrons. The van der Waals surface area contributed by atoms with E-state index < -0.39 is 0 Å². The summed E-state index contributed by atoms with van der Waals surface area (Å²) in [5.41, 5.74) is 0. The molecular formula is C10H19NO2. The fourth-order valence-corrected chi connectivity index (χ4v) is 2.41. The van der Waals surface area contributed by atoms with Gasteiger partial charge in [-0.05, 0) is 26.3 Å². The predicted octanol–water partition coefficient (Wildman–Crippen LogP) is 0.790. The number of hydrogen-bond donors (Lipinski definition) is 1. The van der Waals surface area contributed by atoms with E-state index in [9.17, 15) is 0 Å². The summed E-state index contributed by atoms with van der Waals surface area (Å²) < 4.78 is 11.4. The van der Waals surface area contributed by atoms with E-state index >= 15 is 0 Å². The minimum Gasteiger partial charge on any atom is -0.376 e. The van der Waals surface area contributed by atoms with Crippen molar-refractivity contribution in [1.82, 2.24) is 5.32 Å². The van der Waals surface area contributed by atoms with Crippen LogP contribution in [0.2, 0.25) is 0 Å². The molecule has 3 unspecified atom stereocenters. The molecule has 3 heteroatoms. The Bertz CT molecular complexity index is 157. The fraction of sp³-hybridized carbons (Fsp3) is 1.00. The second-order valence-corrected chi connectivity index (χ2v) is 3.99. The van der Waals surface area contributed by atoms with E-state index in [-0.39, 0.29) is 0 Å². The number of rotatable bonds is 3. The number of ether oxygens (including phenoxy) is 2. The SMILES string of the molecule is CNCC1CCOC1C1CCCO1. The van der Waals surface area contributed by atoms with E-state index in [0.29, 0.717) is 18.1 Å². The van der Waals surface area contributed by atoms with Crippen LogP contribution < -0.4 is 5.32 Å². The highest BCUT2D eigenvalue weighted by molar-refractivity contribution is 4.86. The Hall–Kier alpha value is -0.120. The number of hydrogen-bond acceptors (Lipinski definition) is 3. The van der Waals surface area contributed by atoms with Crippen molar-refractivity contribution in [3.8, 4) is 0 Å². The molecule has 0 aliphatic carbocycles. The zero-order chi connectivity index (χ0) is 9.10. The van der Waals surface area contributed by atoms with Gasteiger partial charge in [0.05, 0.1) is 12.2 Å². The molecule has 3 nitrogen and oxygen atoms in total. The summed E-state index contributed by atoms with van der Waals surface area (Å²) in [4.78, 5) is 0. The Morgan fingerprint density at radius 2 is 2.15 bits per heavy atom. The van der Waals surface area contributed by atoms with Gasteiger partial charge < -0.3 is 14.8 Å². The predicted molar refractivity (Wildman–Crippen MR) is 50.7 cm³/mol. The smallest absolute Gasteiger partial charge is 0.0877 e. The van der Waals surface area contributed by atoms with Gasteiger partial charge in [0.2, 0.25) is 0 Å². The first-order valence-corrected chi connectivity index (χ1v) is 5.29. The lowest BCUT2D eigenvalue weighted by atomic mass is 9.96. The standard InChI is InChI=1S/C10H19NO2/c1-11-7-8-4-6-13-10(8)9-3-2-5-12-9/h8-11H,2-7H2,1H3. The molecule has 76 valence electrons. The summed E-state index contributed by atoms with van der Waals surface area (Å²) >= 11 is 0. The van der Waals surface area contributed by atoms with E-state index in [1.165, 1.54) is 19.3 Å². The van der Waals surface area contributed by atoms with Crippen LogP contribution in [-0.4, -0.2) is 39.0 Å². The molecule has 2 heterocycles. The maximum atomic E-state index is 5.74. The Kier molecular flexibility index (Phi) is 3.19. The lowest BCUT2D eigenvalue weighted by Gasteiger charge is -2.23. The molecule has 2 rings (SSSR count). The third-order valence-electron chi connectivity index (χ3n) is 3.06. The van der Waals surface area contributed by atoms with E-state index in [1.807, 2.05) is 7.05 Å². The molecule has 0 amide bonds. The van der Waals surface area contributed by atoms with Crippen LogP contribution in [0.1, 0.15) is 19.3 Å². The van der Waals surface area contributed by atoms with Crippen molar-refractivity contribution in [2.45, 2.75) is 31.5 Å². The van der Waals surface area contributed by atoms with Crippen LogP contribution in [0.15, 0.2) is 0 Å². The van der Waals surface area contributed by atoms with Gasteiger partial charge in [0.15, 0.2) is 0 Å². The van der Waals surface area contributed by atoms with Gasteiger partial charge in [-0.2, -0.15) is 0 Å². The van der Waals surface area contributed by atoms with Crippen LogP contribution in [0.4, 0.5) is 0 Å². The topological polar surface area (TPSA) is 30.5 Å². The monoisotopic (exact) mass is 185 g/mol. The molecule has 1 N–H and O–H groups in total. The largest absolute Gasteiger partial charge is 0.376 e. The molecular weight excluding hydrogens is 166 g/mol.